The van der Waals surface area contributed by atoms with E-state index in [1.165, 1.54) is 0 Å². The number of rotatable bonds is 1. The Labute approximate surface area is 120 Å². The van der Waals surface area contributed by atoms with Crippen molar-refractivity contribution in [3.63, 3.8) is 0 Å². The monoisotopic (exact) mass is 293 g/mol. The summed E-state index contributed by atoms with van der Waals surface area (Å²) in [5.41, 5.74) is 7.60. The molecule has 1 aliphatic carbocycles. The summed E-state index contributed by atoms with van der Waals surface area (Å²) in [5, 5.41) is -0.0363. The molecule has 0 bridgehead atoms. The summed E-state index contributed by atoms with van der Waals surface area (Å²) in [5.74, 6) is -0.550. The van der Waals surface area contributed by atoms with Gasteiger partial charge in [0.2, 0.25) is 0 Å². The van der Waals surface area contributed by atoms with Crippen molar-refractivity contribution in [3.05, 3.63) is 33.7 Å². The molecule has 3 rings (SSSR count). The van der Waals surface area contributed by atoms with Gasteiger partial charge in [0.05, 0.1) is 0 Å². The molecule has 6 nitrogen and oxygen atoms in total. The molecule has 0 aromatic carbocycles. The second-order valence-electron chi connectivity index (χ2n) is 5.20. The standard InChI is InChI=1S/C13H15N3O3S/c14-12(20)15-16-7-4-8-9(10(16)17)11(18)19-13(8)5-2-1-3-6-13/h4,7H,1-3,5-6H2,(H3,14,15,20). The van der Waals surface area contributed by atoms with Crippen LogP contribution in [0.4, 0.5) is 0 Å². The number of thiocarbonyl (C=S) groups is 1. The van der Waals surface area contributed by atoms with Crippen LogP contribution in [-0.2, 0) is 10.3 Å². The highest BCUT2D eigenvalue weighted by atomic mass is 32.1. The van der Waals surface area contributed by atoms with Crippen molar-refractivity contribution in [3.8, 4) is 0 Å². The van der Waals surface area contributed by atoms with Gasteiger partial charge in [-0.3, -0.25) is 10.2 Å². The van der Waals surface area contributed by atoms with E-state index in [0.29, 0.717) is 5.56 Å². The van der Waals surface area contributed by atoms with E-state index in [1.54, 1.807) is 12.3 Å². The molecule has 1 spiro atoms. The van der Waals surface area contributed by atoms with Gasteiger partial charge >= 0.3 is 5.97 Å². The molecule has 1 fully saturated rings. The first-order valence-electron chi connectivity index (χ1n) is 6.59. The van der Waals surface area contributed by atoms with Gasteiger partial charge in [-0.05, 0) is 44.0 Å². The van der Waals surface area contributed by atoms with Crippen LogP contribution in [0.15, 0.2) is 17.1 Å². The van der Waals surface area contributed by atoms with E-state index >= 15 is 0 Å². The average Bonchev–Trinajstić information content (AvgIpc) is 2.66. The van der Waals surface area contributed by atoms with E-state index in [-0.39, 0.29) is 10.7 Å². The van der Waals surface area contributed by atoms with Gasteiger partial charge < -0.3 is 10.5 Å². The quantitative estimate of drug-likeness (QED) is 0.592. The number of nitrogens with zero attached hydrogens (tertiary/aromatic N) is 1. The zero-order valence-electron chi connectivity index (χ0n) is 10.8. The summed E-state index contributed by atoms with van der Waals surface area (Å²) in [6.45, 7) is 0. The number of esters is 1. The number of aromatic nitrogens is 1. The molecular weight excluding hydrogens is 278 g/mol. The van der Waals surface area contributed by atoms with Crippen LogP contribution < -0.4 is 16.7 Å². The van der Waals surface area contributed by atoms with Crippen molar-refractivity contribution in [2.24, 2.45) is 5.73 Å². The molecule has 0 amide bonds. The summed E-state index contributed by atoms with van der Waals surface area (Å²) in [7, 11) is 0. The zero-order chi connectivity index (χ0) is 14.3. The zero-order valence-corrected chi connectivity index (χ0v) is 11.7. The maximum atomic E-state index is 12.3. The Balaban J connectivity index is 2.10. The van der Waals surface area contributed by atoms with E-state index in [1.807, 2.05) is 0 Å². The van der Waals surface area contributed by atoms with Gasteiger partial charge in [-0.2, -0.15) is 0 Å². The smallest absolute Gasteiger partial charge is 0.345 e. The first-order valence-corrected chi connectivity index (χ1v) is 7.00. The second-order valence-corrected chi connectivity index (χ2v) is 5.64. The van der Waals surface area contributed by atoms with Gasteiger partial charge in [0.1, 0.15) is 11.2 Å². The van der Waals surface area contributed by atoms with Crippen LogP contribution in [-0.4, -0.2) is 15.8 Å². The van der Waals surface area contributed by atoms with Crippen molar-refractivity contribution < 1.29 is 9.53 Å². The van der Waals surface area contributed by atoms with Crippen molar-refractivity contribution in [2.75, 3.05) is 5.43 Å². The molecule has 7 heteroatoms. The van der Waals surface area contributed by atoms with Gasteiger partial charge in [-0.1, -0.05) is 6.42 Å². The maximum absolute atomic E-state index is 12.3. The number of carbonyl (C=O) groups excluding carboxylic acids is 1. The average molecular weight is 293 g/mol. The fourth-order valence-corrected chi connectivity index (χ4v) is 3.20. The van der Waals surface area contributed by atoms with Crippen LogP contribution in [0.5, 0.6) is 0 Å². The first kappa shape index (κ1) is 13.1. The fourth-order valence-electron chi connectivity index (χ4n) is 3.10. The van der Waals surface area contributed by atoms with E-state index < -0.39 is 17.1 Å². The van der Waals surface area contributed by atoms with Crippen molar-refractivity contribution in [1.82, 2.24) is 4.68 Å². The Morgan fingerprint density at radius 2 is 2.05 bits per heavy atom. The minimum absolute atomic E-state index is 0.0363. The lowest BCUT2D eigenvalue weighted by atomic mass is 9.80. The summed E-state index contributed by atoms with van der Waals surface area (Å²) in [6.07, 6.45) is 6.23. The lowest BCUT2D eigenvalue weighted by Gasteiger charge is -2.32. The molecule has 1 aromatic heterocycles. The highest BCUT2D eigenvalue weighted by molar-refractivity contribution is 7.80. The molecule has 0 unspecified atom stereocenters. The number of carbonyl (C=O) groups is 1. The molecule has 0 atom stereocenters. The molecule has 20 heavy (non-hydrogen) atoms. The third-order valence-corrected chi connectivity index (χ3v) is 4.06. The molecule has 0 saturated heterocycles. The largest absolute Gasteiger partial charge is 0.450 e. The van der Waals surface area contributed by atoms with Crippen LogP contribution in [0.2, 0.25) is 0 Å². The Hall–Kier alpha value is -1.89. The molecular formula is C13H15N3O3S. The number of nitrogens with one attached hydrogen (secondary N) is 1. The number of nitrogens with two attached hydrogens (primary N) is 1. The van der Waals surface area contributed by atoms with E-state index in [0.717, 1.165) is 36.8 Å². The summed E-state index contributed by atoms with van der Waals surface area (Å²) in [6, 6.07) is 1.75. The second kappa shape index (κ2) is 4.59. The Morgan fingerprint density at radius 1 is 1.35 bits per heavy atom. The molecule has 2 heterocycles. The fraction of sp³-hybridized carbons (Fsp3) is 0.462. The molecule has 2 aliphatic rings. The summed E-state index contributed by atoms with van der Waals surface area (Å²) >= 11 is 4.70. The minimum Gasteiger partial charge on any atom is -0.450 e. The molecule has 1 aromatic rings. The first-order chi connectivity index (χ1) is 9.53. The van der Waals surface area contributed by atoms with Gasteiger partial charge in [0.25, 0.3) is 5.56 Å². The van der Waals surface area contributed by atoms with Gasteiger partial charge in [0, 0.05) is 11.8 Å². The van der Waals surface area contributed by atoms with Crippen LogP contribution >= 0.6 is 12.2 Å². The SMILES string of the molecule is NC(=S)Nn1ccc2c(c1=O)C(=O)OC21CCCCC1. The van der Waals surface area contributed by atoms with Crippen LogP contribution in [0.3, 0.4) is 0 Å². The highest BCUT2D eigenvalue weighted by Gasteiger charge is 2.47. The number of hydrogen-bond donors (Lipinski definition) is 2. The molecule has 3 N–H and O–H groups in total. The van der Waals surface area contributed by atoms with Crippen molar-refractivity contribution in [1.29, 1.82) is 0 Å². The lowest BCUT2D eigenvalue weighted by Crippen LogP contribution is -2.38. The topological polar surface area (TPSA) is 86.4 Å². The molecule has 1 saturated carbocycles. The van der Waals surface area contributed by atoms with Gasteiger partial charge in [-0.25, -0.2) is 9.47 Å². The van der Waals surface area contributed by atoms with E-state index in [4.69, 9.17) is 22.7 Å². The van der Waals surface area contributed by atoms with Crippen molar-refractivity contribution >= 4 is 23.3 Å². The van der Waals surface area contributed by atoms with Crippen LogP contribution in [0.1, 0.15) is 48.0 Å². The minimum atomic E-state index is -0.605. The predicted molar refractivity (Wildman–Crippen MR) is 77.0 cm³/mol. The Morgan fingerprint density at radius 3 is 2.70 bits per heavy atom. The molecule has 106 valence electrons. The number of hydrogen-bond acceptors (Lipinski definition) is 4. The van der Waals surface area contributed by atoms with Gasteiger partial charge in [-0.15, -0.1) is 0 Å². The third-order valence-electron chi connectivity index (χ3n) is 3.97. The normalized spacial score (nSPS) is 19.5. The number of pyridine rings is 1. The highest BCUT2D eigenvalue weighted by Crippen LogP contribution is 2.45. The Kier molecular flexibility index (Phi) is 3.01. The van der Waals surface area contributed by atoms with Crippen LogP contribution in [0.25, 0.3) is 0 Å². The Bertz CT molecular complexity index is 647. The van der Waals surface area contributed by atoms with E-state index in [2.05, 4.69) is 5.43 Å². The van der Waals surface area contributed by atoms with Crippen LogP contribution in [0, 0.1) is 0 Å². The van der Waals surface area contributed by atoms with E-state index in [9.17, 15) is 9.59 Å². The predicted octanol–water partition coefficient (Wildman–Crippen LogP) is 0.965. The maximum Gasteiger partial charge on any atom is 0.345 e. The molecule has 1 aliphatic heterocycles. The number of ether oxygens (including phenoxy) is 1. The third kappa shape index (κ3) is 1.89. The van der Waals surface area contributed by atoms with Crippen molar-refractivity contribution in [2.45, 2.75) is 37.7 Å². The summed E-state index contributed by atoms with van der Waals surface area (Å²) in [4.78, 5) is 24.4. The molecule has 0 radical (unpaired) electrons. The summed E-state index contributed by atoms with van der Waals surface area (Å²) < 4.78 is 6.67. The van der Waals surface area contributed by atoms with Gasteiger partial charge in [0.15, 0.2) is 5.11 Å². The number of fused-ring (bicyclic) bond motifs is 2. The lowest BCUT2D eigenvalue weighted by molar-refractivity contribution is -0.0280.